The minimum absolute atomic E-state index is 0.633. The lowest BCUT2D eigenvalue weighted by Crippen LogP contribution is -2.50. The van der Waals surface area contributed by atoms with Crippen molar-refractivity contribution >= 4 is 11.8 Å². The van der Waals surface area contributed by atoms with E-state index in [-0.39, 0.29) is 0 Å². The number of aromatic nitrogens is 2. The molecular weight excluding hydrogens is 230 g/mol. The molecular formula is C13H21N3O2. The van der Waals surface area contributed by atoms with Gasteiger partial charge in [0.05, 0.1) is 5.41 Å². The Bertz CT molecular complexity index is 447. The van der Waals surface area contributed by atoms with E-state index >= 15 is 0 Å². The second-order valence-electron chi connectivity index (χ2n) is 5.62. The Kier molecular flexibility index (Phi) is 3.64. The fourth-order valence-electron chi connectivity index (χ4n) is 1.52. The quantitative estimate of drug-likeness (QED) is 0.859. The molecule has 1 aromatic heterocycles. The van der Waals surface area contributed by atoms with Crippen molar-refractivity contribution in [2.24, 2.45) is 5.41 Å². The summed E-state index contributed by atoms with van der Waals surface area (Å²) in [7, 11) is 0. The van der Waals surface area contributed by atoms with Gasteiger partial charge in [0.15, 0.2) is 0 Å². The van der Waals surface area contributed by atoms with Gasteiger partial charge < -0.3 is 10.4 Å². The van der Waals surface area contributed by atoms with Crippen LogP contribution in [0.2, 0.25) is 0 Å². The average Bonchev–Trinajstić information content (AvgIpc) is 2.13. The fourth-order valence-corrected chi connectivity index (χ4v) is 1.52. The molecule has 2 N–H and O–H groups in total. The first kappa shape index (κ1) is 14.4. The van der Waals surface area contributed by atoms with Crippen molar-refractivity contribution in [2.45, 2.75) is 47.1 Å². The first-order chi connectivity index (χ1) is 8.06. The second kappa shape index (κ2) is 4.55. The van der Waals surface area contributed by atoms with E-state index in [0.717, 1.165) is 5.69 Å². The van der Waals surface area contributed by atoms with Crippen molar-refractivity contribution in [3.05, 3.63) is 17.6 Å². The highest BCUT2D eigenvalue weighted by atomic mass is 16.4. The van der Waals surface area contributed by atoms with Crippen LogP contribution >= 0.6 is 0 Å². The van der Waals surface area contributed by atoms with Gasteiger partial charge in [-0.25, -0.2) is 9.97 Å². The van der Waals surface area contributed by atoms with Crippen molar-refractivity contribution in [3.63, 3.8) is 0 Å². The Labute approximate surface area is 108 Å². The van der Waals surface area contributed by atoms with E-state index in [1.165, 1.54) is 0 Å². The number of rotatable bonds is 4. The smallest absolute Gasteiger partial charge is 0.311 e. The molecule has 0 atom stereocenters. The summed E-state index contributed by atoms with van der Waals surface area (Å²) in [6.45, 7) is 10.8. The summed E-state index contributed by atoms with van der Waals surface area (Å²) in [6, 6.07) is 1.81. The van der Waals surface area contributed by atoms with Gasteiger partial charge in [0.25, 0.3) is 0 Å². The summed E-state index contributed by atoms with van der Waals surface area (Å²) in [4.78, 5) is 19.8. The molecule has 1 heterocycles. The number of aryl methyl sites for hydroxylation is 2. The molecule has 0 aliphatic heterocycles. The molecule has 0 radical (unpaired) electrons. The molecule has 1 rings (SSSR count). The van der Waals surface area contributed by atoms with Gasteiger partial charge in [0.1, 0.15) is 11.6 Å². The summed E-state index contributed by atoms with van der Waals surface area (Å²) in [6.07, 6.45) is 0. The second-order valence-corrected chi connectivity index (χ2v) is 5.62. The molecule has 0 fully saturated rings. The zero-order chi connectivity index (χ0) is 14.1. The lowest BCUT2D eigenvalue weighted by Gasteiger charge is -2.39. The SMILES string of the molecule is Cc1cc(NC(C)(C)C(C)(C)C(=O)O)nc(C)n1. The predicted molar refractivity (Wildman–Crippen MR) is 70.6 cm³/mol. The highest BCUT2D eigenvalue weighted by Crippen LogP contribution is 2.33. The van der Waals surface area contributed by atoms with Crippen LogP contribution in [0, 0.1) is 19.3 Å². The van der Waals surface area contributed by atoms with Gasteiger partial charge in [0.2, 0.25) is 0 Å². The molecule has 0 bridgehead atoms. The van der Waals surface area contributed by atoms with Crippen LogP contribution in [0.15, 0.2) is 6.07 Å². The molecule has 0 unspecified atom stereocenters. The highest BCUT2D eigenvalue weighted by Gasteiger charge is 2.43. The molecule has 5 heteroatoms. The molecule has 0 saturated carbocycles. The number of nitrogens with zero attached hydrogens (tertiary/aromatic N) is 2. The molecule has 18 heavy (non-hydrogen) atoms. The molecule has 100 valence electrons. The van der Waals surface area contributed by atoms with Gasteiger partial charge in [-0.2, -0.15) is 0 Å². The molecule has 0 amide bonds. The number of hydrogen-bond donors (Lipinski definition) is 2. The van der Waals surface area contributed by atoms with E-state index in [1.54, 1.807) is 13.8 Å². The van der Waals surface area contributed by atoms with Crippen LogP contribution in [-0.4, -0.2) is 26.6 Å². The first-order valence-electron chi connectivity index (χ1n) is 5.90. The van der Waals surface area contributed by atoms with Crippen LogP contribution in [0.4, 0.5) is 5.82 Å². The van der Waals surface area contributed by atoms with E-state index < -0.39 is 16.9 Å². The maximum Gasteiger partial charge on any atom is 0.311 e. The summed E-state index contributed by atoms with van der Waals surface area (Å²) < 4.78 is 0. The van der Waals surface area contributed by atoms with Crippen molar-refractivity contribution in [2.75, 3.05) is 5.32 Å². The standard InChI is InChI=1S/C13H21N3O2/c1-8-7-10(15-9(2)14-8)16-13(5,6)12(3,4)11(17)18/h7H,1-6H3,(H,17,18)(H,14,15,16). The summed E-state index contributed by atoms with van der Waals surface area (Å²) in [5, 5.41) is 12.5. The molecule has 5 nitrogen and oxygen atoms in total. The zero-order valence-electron chi connectivity index (χ0n) is 11.8. The number of hydrogen-bond acceptors (Lipinski definition) is 4. The molecule has 0 aliphatic rings. The molecule has 1 aromatic rings. The molecule has 0 saturated heterocycles. The van der Waals surface area contributed by atoms with E-state index in [4.69, 9.17) is 0 Å². The largest absolute Gasteiger partial charge is 0.481 e. The van der Waals surface area contributed by atoms with Crippen molar-refractivity contribution in [1.29, 1.82) is 0 Å². The summed E-state index contributed by atoms with van der Waals surface area (Å²) in [5.74, 6) is 0.475. The van der Waals surface area contributed by atoms with Crippen LogP contribution < -0.4 is 5.32 Å². The third-order valence-corrected chi connectivity index (χ3v) is 3.50. The number of nitrogens with one attached hydrogen (secondary N) is 1. The van der Waals surface area contributed by atoms with Crippen molar-refractivity contribution < 1.29 is 9.90 Å². The van der Waals surface area contributed by atoms with Crippen molar-refractivity contribution in [3.8, 4) is 0 Å². The van der Waals surface area contributed by atoms with Gasteiger partial charge in [-0.05, 0) is 41.5 Å². The molecule has 0 aromatic carbocycles. The van der Waals surface area contributed by atoms with Crippen molar-refractivity contribution in [1.82, 2.24) is 9.97 Å². The lowest BCUT2D eigenvalue weighted by molar-refractivity contribution is -0.149. The maximum absolute atomic E-state index is 11.3. The minimum atomic E-state index is -0.917. The predicted octanol–water partition coefficient (Wildman–Crippen LogP) is 2.39. The van der Waals surface area contributed by atoms with Crippen LogP contribution in [0.3, 0.4) is 0 Å². The van der Waals surface area contributed by atoms with Gasteiger partial charge in [-0.15, -0.1) is 0 Å². The highest BCUT2D eigenvalue weighted by molar-refractivity contribution is 5.76. The zero-order valence-corrected chi connectivity index (χ0v) is 11.8. The van der Waals surface area contributed by atoms with Crippen LogP contribution in [0.25, 0.3) is 0 Å². The average molecular weight is 251 g/mol. The van der Waals surface area contributed by atoms with E-state index in [2.05, 4.69) is 15.3 Å². The van der Waals surface area contributed by atoms with Gasteiger partial charge in [-0.3, -0.25) is 4.79 Å². The lowest BCUT2D eigenvalue weighted by atomic mass is 9.74. The van der Waals surface area contributed by atoms with Crippen LogP contribution in [-0.2, 0) is 4.79 Å². The number of carboxylic acid groups (broad SMARTS) is 1. The summed E-state index contributed by atoms with van der Waals surface area (Å²) in [5.41, 5.74) is -0.694. The Morgan fingerprint density at radius 3 is 2.22 bits per heavy atom. The third-order valence-electron chi connectivity index (χ3n) is 3.50. The number of carbonyl (C=O) groups is 1. The van der Waals surface area contributed by atoms with E-state index in [9.17, 15) is 9.90 Å². The molecule has 0 spiro atoms. The minimum Gasteiger partial charge on any atom is -0.481 e. The first-order valence-corrected chi connectivity index (χ1v) is 5.90. The Hall–Kier alpha value is -1.65. The topological polar surface area (TPSA) is 75.1 Å². The van der Waals surface area contributed by atoms with Gasteiger partial charge >= 0.3 is 5.97 Å². The van der Waals surface area contributed by atoms with Crippen LogP contribution in [0.5, 0.6) is 0 Å². The Balaban J connectivity index is 3.05. The Morgan fingerprint density at radius 2 is 1.78 bits per heavy atom. The van der Waals surface area contributed by atoms with Gasteiger partial charge in [0, 0.05) is 17.3 Å². The Morgan fingerprint density at radius 1 is 1.22 bits per heavy atom. The van der Waals surface area contributed by atoms with Gasteiger partial charge in [-0.1, -0.05) is 0 Å². The van der Waals surface area contributed by atoms with Crippen LogP contribution in [0.1, 0.15) is 39.2 Å². The normalized spacial score (nSPS) is 12.3. The fraction of sp³-hybridized carbons (Fsp3) is 0.615. The number of aliphatic carboxylic acids is 1. The third kappa shape index (κ3) is 2.78. The monoisotopic (exact) mass is 251 g/mol. The van der Waals surface area contributed by atoms with E-state index in [1.807, 2.05) is 33.8 Å². The maximum atomic E-state index is 11.3. The van der Waals surface area contributed by atoms with E-state index in [0.29, 0.717) is 11.6 Å². The summed E-state index contributed by atoms with van der Waals surface area (Å²) >= 11 is 0. The number of carboxylic acids is 1. The molecule has 0 aliphatic carbocycles. The number of anilines is 1.